The standard InChI is InChI=1S/C30H37N3O4S/c1-6-27(30(35)31-5)32(20-19-25-12-8-7-9-13-25)29(34)21-33(28-14-10-11-23(3)24(28)4)38(36,37)26-17-15-22(2)16-18-26/h7-18,27H,6,19-21H2,1-5H3,(H,31,35)/t27-/m1/s1. The van der Waals surface area contributed by atoms with Crippen LogP contribution in [0.5, 0.6) is 0 Å². The lowest BCUT2D eigenvalue weighted by molar-refractivity contribution is -0.139. The zero-order valence-electron chi connectivity index (χ0n) is 22.8. The van der Waals surface area contributed by atoms with Gasteiger partial charge in [0, 0.05) is 13.6 Å². The molecule has 38 heavy (non-hydrogen) atoms. The minimum absolute atomic E-state index is 0.103. The lowest BCUT2D eigenvalue weighted by Crippen LogP contribution is -2.52. The predicted molar refractivity (Wildman–Crippen MR) is 152 cm³/mol. The number of likely N-dealkylation sites (N-methyl/N-ethyl adjacent to an activating group) is 1. The summed E-state index contributed by atoms with van der Waals surface area (Å²) in [5.74, 6) is -0.721. The molecule has 0 unspecified atom stereocenters. The van der Waals surface area contributed by atoms with Crippen molar-refractivity contribution in [3.63, 3.8) is 0 Å². The van der Waals surface area contributed by atoms with Crippen LogP contribution in [0.15, 0.2) is 77.7 Å². The summed E-state index contributed by atoms with van der Waals surface area (Å²) in [6.45, 7) is 7.33. The molecule has 0 aromatic heterocycles. The smallest absolute Gasteiger partial charge is 0.264 e. The first-order valence-corrected chi connectivity index (χ1v) is 14.2. The minimum atomic E-state index is -4.08. The molecule has 0 aliphatic rings. The van der Waals surface area contributed by atoms with Gasteiger partial charge >= 0.3 is 0 Å². The van der Waals surface area contributed by atoms with Gasteiger partial charge in [-0.1, -0.05) is 67.1 Å². The third kappa shape index (κ3) is 6.61. The number of anilines is 1. The van der Waals surface area contributed by atoms with Crippen LogP contribution in [0.25, 0.3) is 0 Å². The van der Waals surface area contributed by atoms with Crippen LogP contribution in [0, 0.1) is 20.8 Å². The number of nitrogens with zero attached hydrogens (tertiary/aromatic N) is 2. The van der Waals surface area contributed by atoms with E-state index in [1.54, 1.807) is 36.4 Å². The van der Waals surface area contributed by atoms with E-state index in [9.17, 15) is 18.0 Å². The molecule has 0 saturated heterocycles. The Morgan fingerprint density at radius 1 is 0.895 bits per heavy atom. The van der Waals surface area contributed by atoms with Gasteiger partial charge in [-0.25, -0.2) is 8.42 Å². The molecule has 3 aromatic rings. The molecule has 7 nitrogen and oxygen atoms in total. The summed E-state index contributed by atoms with van der Waals surface area (Å²) >= 11 is 0. The number of rotatable bonds is 11. The average molecular weight is 536 g/mol. The number of carbonyl (C=O) groups excluding carboxylic acids is 2. The maximum Gasteiger partial charge on any atom is 0.264 e. The number of amides is 2. The van der Waals surface area contributed by atoms with E-state index in [-0.39, 0.29) is 17.3 Å². The number of sulfonamides is 1. The van der Waals surface area contributed by atoms with Gasteiger partial charge in [-0.3, -0.25) is 13.9 Å². The van der Waals surface area contributed by atoms with Crippen LogP contribution in [0.2, 0.25) is 0 Å². The van der Waals surface area contributed by atoms with E-state index in [1.807, 2.05) is 64.1 Å². The Kier molecular flexibility index (Phi) is 9.69. The third-order valence-corrected chi connectivity index (χ3v) is 8.62. The molecule has 0 heterocycles. The molecule has 202 valence electrons. The molecule has 0 bridgehead atoms. The van der Waals surface area contributed by atoms with E-state index in [2.05, 4.69) is 5.32 Å². The number of nitrogens with one attached hydrogen (secondary N) is 1. The summed E-state index contributed by atoms with van der Waals surface area (Å²) in [5, 5.41) is 2.65. The van der Waals surface area contributed by atoms with Crippen LogP contribution in [-0.4, -0.2) is 51.3 Å². The molecule has 0 saturated carbocycles. The largest absolute Gasteiger partial charge is 0.357 e. The van der Waals surface area contributed by atoms with E-state index >= 15 is 0 Å². The Balaban J connectivity index is 2.05. The summed E-state index contributed by atoms with van der Waals surface area (Å²) in [6.07, 6.45) is 0.933. The number of carbonyl (C=O) groups is 2. The van der Waals surface area contributed by atoms with E-state index in [0.717, 1.165) is 22.3 Å². The highest BCUT2D eigenvalue weighted by Gasteiger charge is 2.33. The number of hydrogen-bond donors (Lipinski definition) is 1. The first-order chi connectivity index (χ1) is 18.1. The van der Waals surface area contributed by atoms with Crippen LogP contribution in [-0.2, 0) is 26.0 Å². The highest BCUT2D eigenvalue weighted by atomic mass is 32.2. The highest BCUT2D eigenvalue weighted by molar-refractivity contribution is 7.92. The topological polar surface area (TPSA) is 86.8 Å². The maximum atomic E-state index is 14.0. The van der Waals surface area contributed by atoms with Crippen LogP contribution in [0.1, 0.15) is 35.6 Å². The summed E-state index contributed by atoms with van der Waals surface area (Å²) in [5.41, 5.74) is 4.08. The van der Waals surface area contributed by atoms with Gasteiger partial charge in [0.1, 0.15) is 12.6 Å². The highest BCUT2D eigenvalue weighted by Crippen LogP contribution is 2.29. The maximum absolute atomic E-state index is 14.0. The van der Waals surface area contributed by atoms with E-state index in [0.29, 0.717) is 18.5 Å². The fraction of sp³-hybridized carbons (Fsp3) is 0.333. The lowest BCUT2D eigenvalue weighted by atomic mass is 10.1. The number of aryl methyl sites for hydroxylation is 2. The molecule has 0 radical (unpaired) electrons. The molecule has 3 rings (SSSR count). The molecule has 1 atom stereocenters. The van der Waals surface area contributed by atoms with Gasteiger partial charge in [0.2, 0.25) is 11.8 Å². The number of benzene rings is 3. The molecule has 0 aliphatic carbocycles. The Hall–Kier alpha value is -3.65. The van der Waals surface area contributed by atoms with Crippen molar-refractivity contribution < 1.29 is 18.0 Å². The van der Waals surface area contributed by atoms with Crippen LogP contribution < -0.4 is 9.62 Å². The van der Waals surface area contributed by atoms with Crippen molar-refractivity contribution in [2.24, 2.45) is 0 Å². The van der Waals surface area contributed by atoms with Crippen LogP contribution in [0.3, 0.4) is 0 Å². The summed E-state index contributed by atoms with van der Waals surface area (Å²) < 4.78 is 29.1. The second kappa shape index (κ2) is 12.7. The van der Waals surface area contributed by atoms with Crippen LogP contribution >= 0.6 is 0 Å². The van der Waals surface area contributed by atoms with Crippen molar-refractivity contribution in [1.29, 1.82) is 0 Å². The van der Waals surface area contributed by atoms with Gasteiger partial charge in [0.25, 0.3) is 10.0 Å². The van der Waals surface area contributed by atoms with Gasteiger partial charge in [-0.05, 0) is 68.5 Å². The van der Waals surface area contributed by atoms with Gasteiger partial charge in [-0.15, -0.1) is 0 Å². The monoisotopic (exact) mass is 535 g/mol. The van der Waals surface area contributed by atoms with Gasteiger partial charge in [0.05, 0.1) is 10.6 Å². The summed E-state index contributed by atoms with van der Waals surface area (Å²) in [4.78, 5) is 28.3. The zero-order valence-corrected chi connectivity index (χ0v) is 23.6. The van der Waals surface area contributed by atoms with Gasteiger partial charge < -0.3 is 10.2 Å². The summed E-state index contributed by atoms with van der Waals surface area (Å²) in [6, 6.07) is 21.0. The first-order valence-electron chi connectivity index (χ1n) is 12.8. The zero-order chi connectivity index (χ0) is 27.9. The predicted octanol–water partition coefficient (Wildman–Crippen LogP) is 4.40. The molecule has 1 N–H and O–H groups in total. The second-order valence-corrected chi connectivity index (χ2v) is 11.3. The Morgan fingerprint density at radius 3 is 2.16 bits per heavy atom. The fourth-order valence-electron chi connectivity index (χ4n) is 4.42. The minimum Gasteiger partial charge on any atom is -0.357 e. The average Bonchev–Trinajstić information content (AvgIpc) is 2.91. The van der Waals surface area contributed by atoms with Crippen molar-refractivity contribution in [2.75, 3.05) is 24.4 Å². The van der Waals surface area contributed by atoms with Crippen molar-refractivity contribution in [1.82, 2.24) is 10.2 Å². The molecule has 0 spiro atoms. The molecule has 8 heteroatoms. The Labute approximate surface area is 226 Å². The molecular formula is C30H37N3O4S. The molecule has 0 aliphatic heterocycles. The molecule has 0 fully saturated rings. The Morgan fingerprint density at radius 2 is 1.55 bits per heavy atom. The number of hydrogen-bond acceptors (Lipinski definition) is 4. The fourth-order valence-corrected chi connectivity index (χ4v) is 5.89. The normalized spacial score (nSPS) is 12.0. The van der Waals surface area contributed by atoms with Crippen LogP contribution in [0.4, 0.5) is 5.69 Å². The van der Waals surface area contributed by atoms with Crippen molar-refractivity contribution in [2.45, 2.75) is 51.5 Å². The van der Waals surface area contributed by atoms with Crippen molar-refractivity contribution in [3.05, 3.63) is 95.1 Å². The summed E-state index contributed by atoms with van der Waals surface area (Å²) in [7, 11) is -2.54. The van der Waals surface area contributed by atoms with Gasteiger partial charge in [0.15, 0.2) is 0 Å². The quantitative estimate of drug-likeness (QED) is 0.394. The van der Waals surface area contributed by atoms with E-state index in [4.69, 9.17) is 0 Å². The Bertz CT molecular complexity index is 1360. The lowest BCUT2D eigenvalue weighted by Gasteiger charge is -2.33. The second-order valence-electron chi connectivity index (χ2n) is 9.40. The van der Waals surface area contributed by atoms with Crippen molar-refractivity contribution >= 4 is 27.5 Å². The first kappa shape index (κ1) is 28.9. The van der Waals surface area contributed by atoms with E-state index in [1.165, 1.54) is 16.3 Å². The van der Waals surface area contributed by atoms with Crippen molar-refractivity contribution in [3.8, 4) is 0 Å². The molecular weight excluding hydrogens is 498 g/mol. The molecule has 3 aromatic carbocycles. The SMILES string of the molecule is CC[C@H](C(=O)NC)N(CCc1ccccc1)C(=O)CN(c1cccc(C)c1C)S(=O)(=O)c1ccc(C)cc1. The third-order valence-electron chi connectivity index (χ3n) is 6.85. The van der Waals surface area contributed by atoms with Gasteiger partial charge in [-0.2, -0.15) is 0 Å². The van der Waals surface area contributed by atoms with E-state index < -0.39 is 28.5 Å². The molecule has 2 amide bonds.